The van der Waals surface area contributed by atoms with Crippen LogP contribution in [-0.2, 0) is 36.8 Å². The number of carbonyl (C=O) groups excluding carboxylic acids is 4. The third-order valence-electron chi connectivity index (χ3n) is 6.97. The SMILES string of the molecule is CC(C)CC(NC(=O)CNC(=O)[C@H](Cc1ccncc1)NC(=O)c1cc(CN2CCOCC2)on1)C(=O)[C@@]1(C)CO1. The van der Waals surface area contributed by atoms with Gasteiger partial charge in [0, 0.05) is 38.0 Å². The van der Waals surface area contributed by atoms with Crippen molar-refractivity contribution in [2.24, 2.45) is 5.92 Å². The molecule has 0 saturated carbocycles. The van der Waals surface area contributed by atoms with Gasteiger partial charge < -0.3 is 29.9 Å². The van der Waals surface area contributed by atoms with Gasteiger partial charge in [0.2, 0.25) is 11.8 Å². The van der Waals surface area contributed by atoms with Gasteiger partial charge in [-0.2, -0.15) is 0 Å². The molecule has 0 spiro atoms. The number of amides is 3. The van der Waals surface area contributed by atoms with E-state index in [0.29, 0.717) is 38.5 Å². The summed E-state index contributed by atoms with van der Waals surface area (Å²) in [4.78, 5) is 57.9. The van der Waals surface area contributed by atoms with Crippen LogP contribution in [0.3, 0.4) is 0 Å². The first-order valence-corrected chi connectivity index (χ1v) is 13.8. The van der Waals surface area contributed by atoms with E-state index in [-0.39, 0.29) is 30.4 Å². The number of epoxide rings is 1. The molecule has 3 N–H and O–H groups in total. The molecule has 2 aliphatic rings. The molecule has 222 valence electrons. The molecule has 2 aliphatic heterocycles. The number of aromatic nitrogens is 2. The van der Waals surface area contributed by atoms with Crippen LogP contribution in [0, 0.1) is 5.92 Å². The molecule has 4 rings (SSSR count). The Morgan fingerprint density at radius 3 is 2.44 bits per heavy atom. The molecule has 2 fully saturated rings. The average molecular weight is 571 g/mol. The molecule has 4 heterocycles. The summed E-state index contributed by atoms with van der Waals surface area (Å²) in [6.45, 7) is 8.83. The van der Waals surface area contributed by atoms with Gasteiger partial charge in [0.25, 0.3) is 5.91 Å². The normalized spacial score (nSPS) is 20.2. The Bertz CT molecular complexity index is 1210. The van der Waals surface area contributed by atoms with Crippen LogP contribution in [0.15, 0.2) is 35.1 Å². The molecule has 1 unspecified atom stereocenters. The highest BCUT2D eigenvalue weighted by atomic mass is 16.6. The maximum atomic E-state index is 13.2. The lowest BCUT2D eigenvalue weighted by Gasteiger charge is -2.25. The highest BCUT2D eigenvalue weighted by Gasteiger charge is 2.50. The summed E-state index contributed by atoms with van der Waals surface area (Å²) in [7, 11) is 0. The molecule has 3 amide bonds. The second kappa shape index (κ2) is 13.8. The summed E-state index contributed by atoms with van der Waals surface area (Å²) in [5, 5.41) is 11.9. The van der Waals surface area contributed by atoms with Gasteiger partial charge in [-0.15, -0.1) is 0 Å². The number of hydrogen-bond donors (Lipinski definition) is 3. The van der Waals surface area contributed by atoms with E-state index in [9.17, 15) is 19.2 Å². The number of morpholine rings is 1. The summed E-state index contributed by atoms with van der Waals surface area (Å²) in [5.74, 6) is -1.16. The second-order valence-corrected chi connectivity index (χ2v) is 11.0. The van der Waals surface area contributed by atoms with Crippen molar-refractivity contribution in [2.45, 2.75) is 57.8 Å². The largest absolute Gasteiger partial charge is 0.379 e. The van der Waals surface area contributed by atoms with Crippen LogP contribution in [0.5, 0.6) is 0 Å². The molecule has 2 saturated heterocycles. The number of Topliss-reactive ketones (excluding diaryl/α,β-unsaturated/α-hetero) is 1. The number of rotatable bonds is 14. The molecule has 13 nitrogen and oxygen atoms in total. The van der Waals surface area contributed by atoms with Crippen LogP contribution in [0.2, 0.25) is 0 Å². The zero-order valence-corrected chi connectivity index (χ0v) is 23.7. The first-order valence-electron chi connectivity index (χ1n) is 13.8. The Hall–Kier alpha value is -3.68. The highest BCUT2D eigenvalue weighted by Crippen LogP contribution is 2.29. The molecular formula is C28H38N6O7. The van der Waals surface area contributed by atoms with Crippen molar-refractivity contribution in [3.63, 3.8) is 0 Å². The van der Waals surface area contributed by atoms with Crippen molar-refractivity contribution < 1.29 is 33.2 Å². The molecule has 2 aromatic rings. The van der Waals surface area contributed by atoms with E-state index in [1.54, 1.807) is 37.5 Å². The van der Waals surface area contributed by atoms with Crippen LogP contribution in [0.1, 0.15) is 49.0 Å². The molecule has 13 heteroatoms. The van der Waals surface area contributed by atoms with E-state index >= 15 is 0 Å². The number of nitrogens with zero attached hydrogens (tertiary/aromatic N) is 3. The minimum absolute atomic E-state index is 0.0457. The van der Waals surface area contributed by atoms with E-state index in [1.165, 1.54) is 0 Å². The quantitative estimate of drug-likeness (QED) is 0.268. The fourth-order valence-corrected chi connectivity index (χ4v) is 4.53. The molecule has 41 heavy (non-hydrogen) atoms. The number of pyridine rings is 1. The van der Waals surface area contributed by atoms with Gasteiger partial charge in [-0.05, 0) is 37.0 Å². The third kappa shape index (κ3) is 8.90. The van der Waals surface area contributed by atoms with Gasteiger partial charge >= 0.3 is 0 Å². The van der Waals surface area contributed by atoms with Gasteiger partial charge in [0.15, 0.2) is 17.2 Å². The topological polar surface area (TPSA) is 168 Å². The Morgan fingerprint density at radius 2 is 1.78 bits per heavy atom. The standard InChI is InChI=1S/C28H38N6O7/c1-18(2)12-21(25(36)28(3)17-40-28)31-24(35)15-30-26(37)22(13-19-4-6-29-7-5-19)32-27(38)23-14-20(41-33-23)16-34-8-10-39-11-9-34/h4-7,14,18,21-22H,8-13,15-17H2,1-3H3,(H,30,37)(H,31,35)(H,32,38)/t21?,22-,28+/m0/s1. The first kappa shape index (κ1) is 30.3. The second-order valence-electron chi connectivity index (χ2n) is 11.0. The van der Waals surface area contributed by atoms with Crippen molar-refractivity contribution in [1.82, 2.24) is 31.0 Å². The van der Waals surface area contributed by atoms with Gasteiger partial charge in [-0.1, -0.05) is 19.0 Å². The third-order valence-corrected chi connectivity index (χ3v) is 6.97. The lowest BCUT2D eigenvalue weighted by atomic mass is 9.93. The Balaban J connectivity index is 1.36. The Kier molecular flexibility index (Phi) is 10.2. The molecular weight excluding hydrogens is 532 g/mol. The Labute approximate surface area is 238 Å². The summed E-state index contributed by atoms with van der Waals surface area (Å²) in [5.41, 5.74) is -0.0678. The van der Waals surface area contributed by atoms with Crippen LogP contribution in [0.4, 0.5) is 0 Å². The lowest BCUT2D eigenvalue weighted by Crippen LogP contribution is -2.52. The zero-order valence-electron chi connectivity index (χ0n) is 23.7. The van der Waals surface area contributed by atoms with Crippen molar-refractivity contribution in [1.29, 1.82) is 0 Å². The predicted molar refractivity (Wildman–Crippen MR) is 146 cm³/mol. The highest BCUT2D eigenvalue weighted by molar-refractivity contribution is 5.98. The fraction of sp³-hybridized carbons (Fsp3) is 0.571. The monoisotopic (exact) mass is 570 g/mol. The molecule has 0 bridgehead atoms. The van der Waals surface area contributed by atoms with E-state index < -0.39 is 35.4 Å². The molecule has 0 aromatic carbocycles. The van der Waals surface area contributed by atoms with E-state index in [1.807, 2.05) is 13.8 Å². The maximum Gasteiger partial charge on any atom is 0.274 e. The number of ether oxygens (including phenoxy) is 2. The van der Waals surface area contributed by atoms with Crippen molar-refractivity contribution in [2.75, 3.05) is 39.5 Å². The predicted octanol–water partition coefficient (Wildman–Crippen LogP) is 0.248. The van der Waals surface area contributed by atoms with E-state index in [2.05, 4.69) is 31.0 Å². The smallest absolute Gasteiger partial charge is 0.274 e. The van der Waals surface area contributed by atoms with Gasteiger partial charge in [0.1, 0.15) is 11.6 Å². The minimum atomic E-state index is -1.01. The molecule has 0 aliphatic carbocycles. The summed E-state index contributed by atoms with van der Waals surface area (Å²) in [6, 6.07) is 3.29. The van der Waals surface area contributed by atoms with Crippen molar-refractivity contribution >= 4 is 23.5 Å². The number of ketones is 1. The van der Waals surface area contributed by atoms with Gasteiger partial charge in [0.05, 0.1) is 39.0 Å². The molecule has 0 radical (unpaired) electrons. The van der Waals surface area contributed by atoms with Gasteiger partial charge in [-0.3, -0.25) is 29.1 Å². The maximum absolute atomic E-state index is 13.2. The number of carbonyl (C=O) groups is 4. The number of hydrogen-bond acceptors (Lipinski definition) is 10. The van der Waals surface area contributed by atoms with Crippen LogP contribution in [-0.4, -0.2) is 95.7 Å². The van der Waals surface area contributed by atoms with Crippen molar-refractivity contribution in [3.8, 4) is 0 Å². The average Bonchev–Trinajstić information content (AvgIpc) is 3.54. The van der Waals surface area contributed by atoms with E-state index in [4.69, 9.17) is 14.0 Å². The first-order chi connectivity index (χ1) is 19.6. The van der Waals surface area contributed by atoms with E-state index in [0.717, 1.165) is 18.7 Å². The summed E-state index contributed by atoms with van der Waals surface area (Å²) >= 11 is 0. The lowest BCUT2D eigenvalue weighted by molar-refractivity contribution is -0.131. The minimum Gasteiger partial charge on any atom is -0.379 e. The zero-order chi connectivity index (χ0) is 29.4. The van der Waals surface area contributed by atoms with Crippen LogP contribution >= 0.6 is 0 Å². The summed E-state index contributed by atoms with van der Waals surface area (Å²) < 4.78 is 16.0. The van der Waals surface area contributed by atoms with Crippen LogP contribution < -0.4 is 16.0 Å². The Morgan fingerprint density at radius 1 is 1.07 bits per heavy atom. The van der Waals surface area contributed by atoms with Crippen LogP contribution in [0.25, 0.3) is 0 Å². The molecule has 2 aromatic heterocycles. The van der Waals surface area contributed by atoms with Gasteiger partial charge in [-0.25, -0.2) is 0 Å². The summed E-state index contributed by atoms with van der Waals surface area (Å²) in [6.07, 6.45) is 3.78. The molecule has 3 atom stereocenters. The number of nitrogens with one attached hydrogen (secondary N) is 3. The van der Waals surface area contributed by atoms with Crippen molar-refractivity contribution in [3.05, 3.63) is 47.6 Å². The fourth-order valence-electron chi connectivity index (χ4n) is 4.53.